The van der Waals surface area contributed by atoms with Gasteiger partial charge in [-0.1, -0.05) is 26.0 Å². The number of hydrogen-bond acceptors (Lipinski definition) is 3. The van der Waals surface area contributed by atoms with Crippen molar-refractivity contribution in [3.05, 3.63) is 29.8 Å². The summed E-state index contributed by atoms with van der Waals surface area (Å²) in [5.74, 6) is 0.917. The predicted octanol–water partition coefficient (Wildman–Crippen LogP) is 2.91. The molecule has 0 unspecified atom stereocenters. The van der Waals surface area contributed by atoms with E-state index < -0.39 is 0 Å². The molecule has 1 aromatic carbocycles. The molecule has 108 valence electrons. The topological polar surface area (TPSA) is 24.5 Å². The van der Waals surface area contributed by atoms with Gasteiger partial charge in [-0.05, 0) is 43.6 Å². The number of methoxy groups -OCH3 is 1. The summed E-state index contributed by atoms with van der Waals surface area (Å²) < 4.78 is 5.15. The van der Waals surface area contributed by atoms with Crippen LogP contribution in [0.15, 0.2) is 24.3 Å². The van der Waals surface area contributed by atoms with Gasteiger partial charge in [-0.15, -0.1) is 0 Å². The molecule has 0 spiro atoms. The molecule has 3 nitrogen and oxygen atoms in total. The van der Waals surface area contributed by atoms with Crippen molar-refractivity contribution in [3.63, 3.8) is 0 Å². The van der Waals surface area contributed by atoms with Crippen LogP contribution in [0.2, 0.25) is 0 Å². The highest BCUT2D eigenvalue weighted by atomic mass is 16.5. The maximum absolute atomic E-state index is 5.15. The Bertz CT molecular complexity index is 318. The fourth-order valence-corrected chi connectivity index (χ4v) is 2.18. The van der Waals surface area contributed by atoms with E-state index in [2.05, 4.69) is 36.2 Å². The first-order chi connectivity index (χ1) is 9.30. The molecule has 0 amide bonds. The lowest BCUT2D eigenvalue weighted by Crippen LogP contribution is -2.33. The molecule has 0 aliphatic rings. The van der Waals surface area contributed by atoms with Crippen molar-refractivity contribution in [2.45, 2.75) is 33.2 Å². The molecule has 1 aromatic rings. The zero-order valence-corrected chi connectivity index (χ0v) is 12.6. The van der Waals surface area contributed by atoms with Gasteiger partial charge in [0.15, 0.2) is 0 Å². The second-order valence-electron chi connectivity index (χ2n) is 4.87. The largest absolute Gasteiger partial charge is 0.497 e. The second-order valence-corrected chi connectivity index (χ2v) is 4.87. The molecule has 0 heterocycles. The van der Waals surface area contributed by atoms with E-state index in [0.29, 0.717) is 0 Å². The van der Waals surface area contributed by atoms with Crippen LogP contribution < -0.4 is 10.1 Å². The highest BCUT2D eigenvalue weighted by Gasteiger charge is 2.01. The minimum absolute atomic E-state index is 0.917. The lowest BCUT2D eigenvalue weighted by atomic mass is 10.2. The van der Waals surface area contributed by atoms with Crippen molar-refractivity contribution in [1.29, 1.82) is 0 Å². The van der Waals surface area contributed by atoms with Crippen LogP contribution in [0.4, 0.5) is 0 Å². The van der Waals surface area contributed by atoms with Gasteiger partial charge in [0.05, 0.1) is 7.11 Å². The number of nitrogens with zero attached hydrogens (tertiary/aromatic N) is 1. The van der Waals surface area contributed by atoms with Crippen LogP contribution in [-0.2, 0) is 6.54 Å². The molecule has 0 atom stereocenters. The number of hydrogen-bond donors (Lipinski definition) is 1. The van der Waals surface area contributed by atoms with Crippen molar-refractivity contribution >= 4 is 0 Å². The summed E-state index contributed by atoms with van der Waals surface area (Å²) in [6.45, 7) is 10.0. The summed E-state index contributed by atoms with van der Waals surface area (Å²) in [5, 5.41) is 3.50. The standard InChI is InChI=1S/C16H28N2O/c1-4-11-18(12-5-2)13-10-17-14-15-6-8-16(19-3)9-7-15/h6-9,17H,4-5,10-14H2,1-3H3. The number of nitrogens with one attached hydrogen (secondary N) is 1. The summed E-state index contributed by atoms with van der Waals surface area (Å²) in [7, 11) is 1.70. The molecule has 0 bridgehead atoms. The van der Waals surface area contributed by atoms with Crippen LogP contribution in [0.25, 0.3) is 0 Å². The van der Waals surface area contributed by atoms with Gasteiger partial charge in [-0.2, -0.15) is 0 Å². The highest BCUT2D eigenvalue weighted by molar-refractivity contribution is 5.26. The van der Waals surface area contributed by atoms with Crippen LogP contribution in [0.3, 0.4) is 0 Å². The van der Waals surface area contributed by atoms with Gasteiger partial charge in [0, 0.05) is 19.6 Å². The molecule has 0 saturated carbocycles. The van der Waals surface area contributed by atoms with Crippen molar-refractivity contribution in [2.75, 3.05) is 33.3 Å². The van der Waals surface area contributed by atoms with Crippen LogP contribution >= 0.6 is 0 Å². The molecule has 1 rings (SSSR count). The van der Waals surface area contributed by atoms with Crippen LogP contribution in [0.5, 0.6) is 5.75 Å². The van der Waals surface area contributed by atoms with Crippen molar-refractivity contribution in [2.24, 2.45) is 0 Å². The monoisotopic (exact) mass is 264 g/mol. The summed E-state index contributed by atoms with van der Waals surface area (Å²) in [5.41, 5.74) is 1.30. The van der Waals surface area contributed by atoms with E-state index in [9.17, 15) is 0 Å². The Balaban J connectivity index is 2.21. The minimum Gasteiger partial charge on any atom is -0.497 e. The van der Waals surface area contributed by atoms with E-state index in [4.69, 9.17) is 4.74 Å². The Labute approximate surface area is 118 Å². The quantitative estimate of drug-likeness (QED) is 0.658. The average Bonchev–Trinajstić information content (AvgIpc) is 2.44. The normalized spacial score (nSPS) is 10.9. The number of ether oxygens (including phenoxy) is 1. The van der Waals surface area contributed by atoms with E-state index in [1.54, 1.807) is 7.11 Å². The van der Waals surface area contributed by atoms with Crippen LogP contribution in [-0.4, -0.2) is 38.2 Å². The maximum Gasteiger partial charge on any atom is 0.118 e. The lowest BCUT2D eigenvalue weighted by molar-refractivity contribution is 0.274. The summed E-state index contributed by atoms with van der Waals surface area (Å²) in [6.07, 6.45) is 2.47. The smallest absolute Gasteiger partial charge is 0.118 e. The van der Waals surface area contributed by atoms with Crippen LogP contribution in [0.1, 0.15) is 32.3 Å². The minimum atomic E-state index is 0.917. The van der Waals surface area contributed by atoms with Gasteiger partial charge < -0.3 is 15.0 Å². The molecule has 0 aliphatic carbocycles. The zero-order valence-electron chi connectivity index (χ0n) is 12.6. The van der Waals surface area contributed by atoms with Gasteiger partial charge in [-0.25, -0.2) is 0 Å². The molecular weight excluding hydrogens is 236 g/mol. The van der Waals surface area contributed by atoms with E-state index in [0.717, 1.165) is 25.4 Å². The Morgan fingerprint density at radius 2 is 1.63 bits per heavy atom. The molecule has 0 saturated heterocycles. The molecule has 0 aliphatic heterocycles. The van der Waals surface area contributed by atoms with Gasteiger partial charge >= 0.3 is 0 Å². The molecule has 1 N–H and O–H groups in total. The zero-order chi connectivity index (χ0) is 13.9. The first kappa shape index (κ1) is 16.0. The Morgan fingerprint density at radius 1 is 1.00 bits per heavy atom. The molecular formula is C16H28N2O. The fraction of sp³-hybridized carbons (Fsp3) is 0.625. The summed E-state index contributed by atoms with van der Waals surface area (Å²) in [6, 6.07) is 8.25. The predicted molar refractivity (Wildman–Crippen MR) is 81.7 cm³/mol. The average molecular weight is 264 g/mol. The molecule has 3 heteroatoms. The first-order valence-electron chi connectivity index (χ1n) is 7.36. The van der Waals surface area contributed by atoms with E-state index in [-0.39, 0.29) is 0 Å². The van der Waals surface area contributed by atoms with E-state index in [1.807, 2.05) is 12.1 Å². The Kier molecular flexibility index (Phi) is 8.26. The first-order valence-corrected chi connectivity index (χ1v) is 7.36. The van der Waals surface area contributed by atoms with Crippen molar-refractivity contribution in [1.82, 2.24) is 10.2 Å². The Morgan fingerprint density at radius 3 is 2.16 bits per heavy atom. The van der Waals surface area contributed by atoms with E-state index in [1.165, 1.54) is 31.5 Å². The van der Waals surface area contributed by atoms with E-state index >= 15 is 0 Å². The van der Waals surface area contributed by atoms with Crippen molar-refractivity contribution < 1.29 is 4.74 Å². The molecule has 0 fully saturated rings. The molecule has 0 aromatic heterocycles. The second kappa shape index (κ2) is 9.82. The van der Waals surface area contributed by atoms with Crippen LogP contribution in [0, 0.1) is 0 Å². The third kappa shape index (κ3) is 6.60. The van der Waals surface area contributed by atoms with Gasteiger partial charge in [0.25, 0.3) is 0 Å². The SMILES string of the molecule is CCCN(CCC)CCNCc1ccc(OC)cc1. The van der Waals surface area contributed by atoms with Crippen molar-refractivity contribution in [3.8, 4) is 5.75 Å². The maximum atomic E-state index is 5.15. The summed E-state index contributed by atoms with van der Waals surface area (Å²) >= 11 is 0. The third-order valence-electron chi connectivity index (χ3n) is 3.17. The number of rotatable bonds is 10. The van der Waals surface area contributed by atoms with Gasteiger partial charge in [-0.3, -0.25) is 0 Å². The molecule has 0 radical (unpaired) electrons. The molecule has 19 heavy (non-hydrogen) atoms. The fourth-order valence-electron chi connectivity index (χ4n) is 2.18. The lowest BCUT2D eigenvalue weighted by Gasteiger charge is -2.21. The van der Waals surface area contributed by atoms with Gasteiger partial charge in [0.1, 0.15) is 5.75 Å². The van der Waals surface area contributed by atoms with Gasteiger partial charge in [0.2, 0.25) is 0 Å². The Hall–Kier alpha value is -1.06. The number of benzene rings is 1. The highest BCUT2D eigenvalue weighted by Crippen LogP contribution is 2.10. The third-order valence-corrected chi connectivity index (χ3v) is 3.17. The summed E-state index contributed by atoms with van der Waals surface area (Å²) in [4.78, 5) is 2.53.